The minimum absolute atomic E-state index is 0.0313. The van der Waals surface area contributed by atoms with Gasteiger partial charge in [0.2, 0.25) is 0 Å². The third-order valence-corrected chi connectivity index (χ3v) is 5.09. The topological polar surface area (TPSA) is 57.6 Å². The van der Waals surface area contributed by atoms with E-state index in [0.29, 0.717) is 16.5 Å². The highest BCUT2D eigenvalue weighted by Crippen LogP contribution is 2.25. The van der Waals surface area contributed by atoms with Crippen LogP contribution in [0.4, 0.5) is 0 Å². The molecule has 5 heteroatoms. The van der Waals surface area contributed by atoms with Gasteiger partial charge in [0, 0.05) is 6.42 Å². The molecule has 1 atom stereocenters. The number of benzene rings is 2. The summed E-state index contributed by atoms with van der Waals surface area (Å²) >= 11 is 0. The number of hydrogen-bond acceptors (Lipinski definition) is 3. The summed E-state index contributed by atoms with van der Waals surface area (Å²) in [5, 5.41) is 10.4. The smallest absolute Gasteiger partial charge is 0.266 e. The Bertz CT molecular complexity index is 793. The number of hydroxylamine groups is 1. The van der Waals surface area contributed by atoms with Crippen molar-refractivity contribution in [2.75, 3.05) is 0 Å². The van der Waals surface area contributed by atoms with Gasteiger partial charge in [0.15, 0.2) is 0 Å². The Morgan fingerprint density at radius 1 is 1.04 bits per heavy atom. The Hall–Kier alpha value is -2.13. The van der Waals surface area contributed by atoms with Crippen LogP contribution in [0.15, 0.2) is 65.6 Å². The number of unbranched alkanes of at least 4 members (excludes halogenated alkanes) is 2. The highest BCUT2D eigenvalue weighted by atomic mass is 32.2. The molecule has 0 radical (unpaired) electrons. The molecule has 24 heavy (non-hydrogen) atoms. The Morgan fingerprint density at radius 2 is 1.62 bits per heavy atom. The van der Waals surface area contributed by atoms with Crippen molar-refractivity contribution in [3.05, 3.63) is 66.2 Å². The quantitative estimate of drug-likeness (QED) is 0.490. The molecule has 1 unspecified atom stereocenters. The van der Waals surface area contributed by atoms with Gasteiger partial charge in [-0.1, -0.05) is 72.3 Å². The summed E-state index contributed by atoms with van der Waals surface area (Å²) in [6.45, 7) is 2.06. The van der Waals surface area contributed by atoms with Gasteiger partial charge in [-0.3, -0.25) is 5.21 Å². The highest BCUT2D eigenvalue weighted by Gasteiger charge is 2.30. The van der Waals surface area contributed by atoms with Crippen molar-refractivity contribution in [1.29, 1.82) is 0 Å². The molecule has 0 aliphatic heterocycles. The zero-order valence-electron chi connectivity index (χ0n) is 13.6. The first-order chi connectivity index (χ1) is 11.6. The Morgan fingerprint density at radius 3 is 2.21 bits per heavy atom. The lowest BCUT2D eigenvalue weighted by molar-refractivity contribution is -0.0186. The fourth-order valence-electron chi connectivity index (χ4n) is 2.17. The van der Waals surface area contributed by atoms with Crippen LogP contribution in [0.3, 0.4) is 0 Å². The average molecular weight is 343 g/mol. The molecule has 0 bridgehead atoms. The molecular weight excluding hydrogens is 322 g/mol. The molecule has 1 N–H and O–H groups in total. The second kappa shape index (κ2) is 8.65. The summed E-state index contributed by atoms with van der Waals surface area (Å²) in [5.41, 5.74) is 0.628. The van der Waals surface area contributed by atoms with Gasteiger partial charge in [0.05, 0.1) is 4.90 Å². The summed E-state index contributed by atoms with van der Waals surface area (Å²) in [5.74, 6) is 5.87. The lowest BCUT2D eigenvalue weighted by Crippen LogP contribution is -2.31. The summed E-state index contributed by atoms with van der Waals surface area (Å²) in [6.07, 6.45) is 2.61. The van der Waals surface area contributed by atoms with Crippen molar-refractivity contribution in [1.82, 2.24) is 4.47 Å². The van der Waals surface area contributed by atoms with E-state index in [1.54, 1.807) is 42.5 Å². The predicted octanol–water partition coefficient (Wildman–Crippen LogP) is 4.00. The first kappa shape index (κ1) is 18.2. The van der Waals surface area contributed by atoms with Gasteiger partial charge in [0.1, 0.15) is 6.04 Å². The SMILES string of the molecule is CCCCC#CC(c1ccccc1)N(O)S(=O)(=O)c1ccccc1. The minimum atomic E-state index is -4.04. The number of hydrogen-bond donors (Lipinski definition) is 1. The molecule has 0 fully saturated rings. The molecule has 0 aromatic heterocycles. The van der Waals surface area contributed by atoms with Gasteiger partial charge < -0.3 is 0 Å². The zero-order chi connectivity index (χ0) is 17.4. The lowest BCUT2D eigenvalue weighted by Gasteiger charge is -2.21. The monoisotopic (exact) mass is 343 g/mol. The lowest BCUT2D eigenvalue weighted by atomic mass is 10.1. The van der Waals surface area contributed by atoms with E-state index in [2.05, 4.69) is 18.8 Å². The van der Waals surface area contributed by atoms with E-state index in [4.69, 9.17) is 0 Å². The molecule has 126 valence electrons. The summed E-state index contributed by atoms with van der Waals surface area (Å²) < 4.78 is 25.6. The number of nitrogens with zero attached hydrogens (tertiary/aromatic N) is 1. The van der Waals surface area contributed by atoms with Crippen molar-refractivity contribution in [3.63, 3.8) is 0 Å². The molecule has 4 nitrogen and oxygen atoms in total. The Labute approximate surface area is 143 Å². The van der Waals surface area contributed by atoms with Crippen LogP contribution in [0, 0.1) is 11.8 Å². The third kappa shape index (κ3) is 4.45. The van der Waals surface area contributed by atoms with E-state index in [1.165, 1.54) is 12.1 Å². The van der Waals surface area contributed by atoms with E-state index in [0.717, 1.165) is 12.8 Å². The van der Waals surface area contributed by atoms with Crippen molar-refractivity contribution < 1.29 is 13.6 Å². The number of rotatable bonds is 6. The summed E-state index contributed by atoms with van der Waals surface area (Å²) in [4.78, 5) is 0.0313. The van der Waals surface area contributed by atoms with E-state index in [9.17, 15) is 13.6 Å². The van der Waals surface area contributed by atoms with E-state index < -0.39 is 16.1 Å². The van der Waals surface area contributed by atoms with Crippen LogP contribution in [0.25, 0.3) is 0 Å². The molecule has 0 saturated carbocycles. The second-order valence-electron chi connectivity index (χ2n) is 5.33. The summed E-state index contributed by atoms with van der Waals surface area (Å²) in [7, 11) is -4.04. The number of sulfonamides is 1. The normalized spacial score (nSPS) is 12.5. The van der Waals surface area contributed by atoms with Crippen LogP contribution in [-0.2, 0) is 10.0 Å². The predicted molar refractivity (Wildman–Crippen MR) is 93.7 cm³/mol. The van der Waals surface area contributed by atoms with E-state index >= 15 is 0 Å². The van der Waals surface area contributed by atoms with Gasteiger partial charge in [-0.25, -0.2) is 8.42 Å². The molecule has 0 saturated heterocycles. The first-order valence-corrected chi connectivity index (χ1v) is 9.33. The molecule has 0 aliphatic carbocycles. The standard InChI is InChI=1S/C19H21NO3S/c1-2-3-4-11-16-19(17-12-7-5-8-13-17)20(21)24(22,23)18-14-9-6-10-15-18/h5-10,12-15,19,21H,2-4H2,1H3. The fraction of sp³-hybridized carbons (Fsp3) is 0.263. The maximum absolute atomic E-state index is 12.6. The molecular formula is C19H21NO3S. The van der Waals surface area contributed by atoms with Crippen LogP contribution in [0.2, 0.25) is 0 Å². The van der Waals surface area contributed by atoms with E-state index in [1.807, 2.05) is 6.07 Å². The Kier molecular flexibility index (Phi) is 6.56. The second-order valence-corrected chi connectivity index (χ2v) is 7.12. The molecule has 0 heterocycles. The van der Waals surface area contributed by atoms with Crippen molar-refractivity contribution in [2.24, 2.45) is 0 Å². The molecule has 2 rings (SSSR count). The van der Waals surface area contributed by atoms with Gasteiger partial charge in [-0.2, -0.15) is 0 Å². The van der Waals surface area contributed by atoms with Gasteiger partial charge in [-0.15, -0.1) is 5.92 Å². The molecule has 0 spiro atoms. The molecule has 2 aromatic carbocycles. The maximum Gasteiger partial charge on any atom is 0.266 e. The molecule has 0 aliphatic rings. The van der Waals surface area contributed by atoms with Gasteiger partial charge >= 0.3 is 0 Å². The van der Waals surface area contributed by atoms with Crippen molar-refractivity contribution in [3.8, 4) is 11.8 Å². The maximum atomic E-state index is 12.6. The fourth-order valence-corrected chi connectivity index (χ4v) is 3.34. The first-order valence-electron chi connectivity index (χ1n) is 7.89. The Balaban J connectivity index is 2.37. The van der Waals surface area contributed by atoms with Gasteiger partial charge in [-0.05, 0) is 24.1 Å². The highest BCUT2D eigenvalue weighted by molar-refractivity contribution is 7.89. The molecule has 0 amide bonds. The largest absolute Gasteiger partial charge is 0.298 e. The van der Waals surface area contributed by atoms with Crippen LogP contribution in [0.5, 0.6) is 0 Å². The van der Waals surface area contributed by atoms with Crippen LogP contribution in [0.1, 0.15) is 37.8 Å². The van der Waals surface area contributed by atoms with Crippen molar-refractivity contribution in [2.45, 2.75) is 37.1 Å². The van der Waals surface area contributed by atoms with Gasteiger partial charge in [0.25, 0.3) is 10.0 Å². The van der Waals surface area contributed by atoms with E-state index in [-0.39, 0.29) is 4.90 Å². The van der Waals surface area contributed by atoms with Crippen LogP contribution >= 0.6 is 0 Å². The van der Waals surface area contributed by atoms with Crippen LogP contribution in [-0.4, -0.2) is 18.1 Å². The average Bonchev–Trinajstić information content (AvgIpc) is 2.63. The van der Waals surface area contributed by atoms with Crippen molar-refractivity contribution >= 4 is 10.0 Å². The molecule has 2 aromatic rings. The third-order valence-electron chi connectivity index (χ3n) is 3.52. The summed E-state index contributed by atoms with van der Waals surface area (Å²) in [6, 6.07) is 15.8. The van der Waals surface area contributed by atoms with Crippen LogP contribution < -0.4 is 0 Å². The minimum Gasteiger partial charge on any atom is -0.298 e. The zero-order valence-corrected chi connectivity index (χ0v) is 14.4.